The number of amides is 2. The van der Waals surface area contributed by atoms with Crippen molar-refractivity contribution in [1.29, 1.82) is 0 Å². The zero-order valence-corrected chi connectivity index (χ0v) is 23.5. The van der Waals surface area contributed by atoms with Gasteiger partial charge in [-0.25, -0.2) is 9.07 Å². The van der Waals surface area contributed by atoms with Gasteiger partial charge in [0.1, 0.15) is 29.7 Å². The molecule has 1 aliphatic heterocycles. The van der Waals surface area contributed by atoms with E-state index in [0.717, 1.165) is 16.7 Å². The lowest BCUT2D eigenvalue weighted by molar-refractivity contribution is -0.123. The Kier molecular flexibility index (Phi) is 7.78. The molecular formula is C32H27FN4O4S. The molecule has 5 aromatic rings. The maximum Gasteiger partial charge on any atom is 0.240 e. The summed E-state index contributed by atoms with van der Waals surface area (Å²) in [6, 6.07) is 26.8. The van der Waals surface area contributed by atoms with Crippen LogP contribution in [0.15, 0.2) is 102 Å². The molecule has 1 unspecified atom stereocenters. The minimum atomic E-state index is -0.395. The molecule has 0 saturated heterocycles. The smallest absolute Gasteiger partial charge is 0.240 e. The van der Waals surface area contributed by atoms with E-state index in [4.69, 9.17) is 14.3 Å². The third-order valence-electron chi connectivity index (χ3n) is 6.97. The molecule has 0 spiro atoms. The van der Waals surface area contributed by atoms with Crippen molar-refractivity contribution in [1.82, 2.24) is 15.1 Å². The van der Waals surface area contributed by atoms with Crippen molar-refractivity contribution < 1.29 is 23.1 Å². The topological polar surface area (TPSA) is 89.6 Å². The molecule has 0 fully saturated rings. The Balaban J connectivity index is 1.55. The Morgan fingerprint density at radius 1 is 1.05 bits per heavy atom. The van der Waals surface area contributed by atoms with E-state index in [1.807, 2.05) is 54.6 Å². The van der Waals surface area contributed by atoms with Gasteiger partial charge in [0.05, 0.1) is 42.3 Å². The van der Waals surface area contributed by atoms with Crippen LogP contribution in [-0.4, -0.2) is 41.0 Å². The van der Waals surface area contributed by atoms with E-state index in [2.05, 4.69) is 5.32 Å². The summed E-state index contributed by atoms with van der Waals surface area (Å²) >= 11 is 1.45. The van der Waals surface area contributed by atoms with Gasteiger partial charge in [-0.2, -0.15) is 5.10 Å². The SMILES string of the molecule is COc1ccccc1C1SCC(=O)N(CC(=O)NCc2ccco2)c2c1c(-c1ccccc1)nn2-c1ccc(F)cc1. The molecule has 0 radical (unpaired) electrons. The highest BCUT2D eigenvalue weighted by molar-refractivity contribution is 8.00. The fraction of sp³-hybridized carbons (Fsp3) is 0.156. The number of nitrogens with zero attached hydrogens (tertiary/aromatic N) is 3. The van der Waals surface area contributed by atoms with Crippen LogP contribution >= 0.6 is 11.8 Å². The molecule has 2 aromatic heterocycles. The van der Waals surface area contributed by atoms with Crippen molar-refractivity contribution >= 4 is 29.4 Å². The maximum absolute atomic E-state index is 14.0. The number of hydrogen-bond acceptors (Lipinski definition) is 6. The Morgan fingerprint density at radius 2 is 1.81 bits per heavy atom. The molecular weight excluding hydrogens is 555 g/mol. The first-order valence-corrected chi connectivity index (χ1v) is 14.4. The Bertz CT molecular complexity index is 1700. The lowest BCUT2D eigenvalue weighted by atomic mass is 9.99. The van der Waals surface area contributed by atoms with Crippen LogP contribution in [0.25, 0.3) is 16.9 Å². The van der Waals surface area contributed by atoms with Crippen LogP contribution in [0.2, 0.25) is 0 Å². The quantitative estimate of drug-likeness (QED) is 0.250. The van der Waals surface area contributed by atoms with Gasteiger partial charge in [0.2, 0.25) is 11.8 Å². The van der Waals surface area contributed by atoms with Gasteiger partial charge in [0.25, 0.3) is 0 Å². The summed E-state index contributed by atoms with van der Waals surface area (Å²) in [5.74, 6) is 0.814. The normalized spacial score (nSPS) is 14.8. The molecule has 3 aromatic carbocycles. The molecule has 42 heavy (non-hydrogen) atoms. The number of para-hydroxylation sites is 1. The maximum atomic E-state index is 14.0. The van der Waals surface area contributed by atoms with E-state index in [9.17, 15) is 14.0 Å². The van der Waals surface area contributed by atoms with Crippen LogP contribution in [0, 0.1) is 5.82 Å². The van der Waals surface area contributed by atoms with Crippen molar-refractivity contribution in [3.8, 4) is 22.7 Å². The van der Waals surface area contributed by atoms with Crippen molar-refractivity contribution in [3.05, 3.63) is 120 Å². The van der Waals surface area contributed by atoms with Gasteiger partial charge in [-0.05, 0) is 42.5 Å². The highest BCUT2D eigenvalue weighted by Gasteiger charge is 2.38. The fourth-order valence-corrected chi connectivity index (χ4v) is 6.24. The third-order valence-corrected chi connectivity index (χ3v) is 8.21. The molecule has 1 atom stereocenters. The average molecular weight is 583 g/mol. The van der Waals surface area contributed by atoms with E-state index in [-0.39, 0.29) is 35.9 Å². The van der Waals surface area contributed by atoms with Crippen LogP contribution in [0.4, 0.5) is 10.2 Å². The van der Waals surface area contributed by atoms with Gasteiger partial charge in [-0.1, -0.05) is 48.5 Å². The van der Waals surface area contributed by atoms with Gasteiger partial charge >= 0.3 is 0 Å². The zero-order chi connectivity index (χ0) is 29.1. The molecule has 6 rings (SSSR count). The highest BCUT2D eigenvalue weighted by atomic mass is 32.2. The summed E-state index contributed by atoms with van der Waals surface area (Å²) < 4.78 is 26.7. The van der Waals surface area contributed by atoms with E-state index < -0.39 is 5.82 Å². The Labute approximate surface area is 246 Å². The minimum Gasteiger partial charge on any atom is -0.496 e. The fourth-order valence-electron chi connectivity index (χ4n) is 5.02. The van der Waals surface area contributed by atoms with Gasteiger partial charge in [0, 0.05) is 16.7 Å². The number of thioether (sulfide) groups is 1. The number of halogens is 1. The molecule has 1 N–H and O–H groups in total. The van der Waals surface area contributed by atoms with Crippen LogP contribution in [0.1, 0.15) is 22.1 Å². The van der Waals surface area contributed by atoms with Gasteiger partial charge in [-0.3, -0.25) is 14.5 Å². The summed E-state index contributed by atoms with van der Waals surface area (Å²) in [5.41, 5.74) is 3.67. The number of hydrogen-bond donors (Lipinski definition) is 1. The first-order chi connectivity index (χ1) is 20.5. The molecule has 0 bridgehead atoms. The number of furan rings is 1. The summed E-state index contributed by atoms with van der Waals surface area (Å²) in [7, 11) is 1.61. The highest BCUT2D eigenvalue weighted by Crippen LogP contribution is 2.50. The standard InChI is InChI=1S/C32H27FN4O4S/c1-40-26-12-6-5-11-25(26)31-29-30(21-8-3-2-4-9-21)35-37(23-15-13-22(33)14-16-23)32(29)36(28(39)20-42-31)19-27(38)34-18-24-10-7-17-41-24/h2-17,31H,18-20H2,1H3,(H,34,38). The number of aromatic nitrogens is 2. The lowest BCUT2D eigenvalue weighted by Gasteiger charge is -2.23. The van der Waals surface area contributed by atoms with Gasteiger partial charge in [0.15, 0.2) is 0 Å². The van der Waals surface area contributed by atoms with Crippen molar-refractivity contribution in [2.45, 2.75) is 11.8 Å². The lowest BCUT2D eigenvalue weighted by Crippen LogP contribution is -2.42. The van der Waals surface area contributed by atoms with Gasteiger partial charge in [-0.15, -0.1) is 11.8 Å². The second-order valence-corrected chi connectivity index (χ2v) is 10.7. The summed E-state index contributed by atoms with van der Waals surface area (Å²) in [4.78, 5) is 28.5. The number of anilines is 1. The predicted octanol–water partition coefficient (Wildman–Crippen LogP) is 5.77. The number of rotatable bonds is 8. The third kappa shape index (κ3) is 5.40. The zero-order valence-electron chi connectivity index (χ0n) is 22.7. The van der Waals surface area contributed by atoms with E-state index in [0.29, 0.717) is 28.7 Å². The molecule has 0 saturated carbocycles. The molecule has 2 amide bonds. The van der Waals surface area contributed by atoms with Crippen molar-refractivity contribution in [3.63, 3.8) is 0 Å². The second kappa shape index (κ2) is 12.0. The van der Waals surface area contributed by atoms with Crippen LogP contribution in [0.3, 0.4) is 0 Å². The van der Waals surface area contributed by atoms with Crippen molar-refractivity contribution in [2.24, 2.45) is 0 Å². The number of carbonyl (C=O) groups excluding carboxylic acids is 2. The first-order valence-electron chi connectivity index (χ1n) is 13.3. The number of ether oxygens (including phenoxy) is 1. The van der Waals surface area contributed by atoms with E-state index >= 15 is 0 Å². The molecule has 8 nitrogen and oxygen atoms in total. The predicted molar refractivity (Wildman–Crippen MR) is 159 cm³/mol. The number of carbonyl (C=O) groups is 2. The summed E-state index contributed by atoms with van der Waals surface area (Å²) in [5, 5.41) is 7.49. The van der Waals surface area contributed by atoms with E-state index in [1.165, 1.54) is 35.1 Å². The van der Waals surface area contributed by atoms with Crippen LogP contribution in [-0.2, 0) is 16.1 Å². The molecule has 1 aliphatic rings. The van der Waals surface area contributed by atoms with Crippen LogP contribution in [0.5, 0.6) is 5.75 Å². The molecule has 0 aliphatic carbocycles. The van der Waals surface area contributed by atoms with Crippen molar-refractivity contribution in [2.75, 3.05) is 24.3 Å². The average Bonchev–Trinajstić information content (AvgIpc) is 3.66. The molecule has 3 heterocycles. The van der Waals surface area contributed by atoms with E-state index in [1.54, 1.807) is 36.1 Å². The number of benzene rings is 3. The largest absolute Gasteiger partial charge is 0.496 e. The van der Waals surface area contributed by atoms with Crippen LogP contribution < -0.4 is 15.0 Å². The monoisotopic (exact) mass is 582 g/mol. The van der Waals surface area contributed by atoms with Gasteiger partial charge < -0.3 is 14.5 Å². The molecule has 10 heteroatoms. The molecule has 212 valence electrons. The second-order valence-electron chi connectivity index (χ2n) is 9.61. The minimum absolute atomic E-state index is 0.112. The first kappa shape index (κ1) is 27.3. The Hall–Kier alpha value is -4.83. The number of nitrogens with one attached hydrogen (secondary N) is 1. The number of methoxy groups -OCH3 is 1. The summed E-state index contributed by atoms with van der Waals surface area (Å²) in [6.45, 7) is -0.0569. The Morgan fingerprint density at radius 3 is 2.55 bits per heavy atom. The summed E-state index contributed by atoms with van der Waals surface area (Å²) in [6.07, 6.45) is 1.54. The number of fused-ring (bicyclic) bond motifs is 1.